The van der Waals surface area contributed by atoms with Crippen LogP contribution in [0.4, 0.5) is 8.78 Å². The smallest absolute Gasteiger partial charge is 0.129 e. The Hall–Kier alpha value is -0.670. The molecule has 0 saturated heterocycles. The van der Waals surface area contributed by atoms with E-state index in [1.807, 2.05) is 0 Å². The second-order valence-electron chi connectivity index (χ2n) is 2.38. The third kappa shape index (κ3) is 2.16. The second-order valence-corrected chi connectivity index (χ2v) is 2.38. The van der Waals surface area contributed by atoms with Gasteiger partial charge in [-0.15, -0.1) is 12.4 Å². The highest BCUT2D eigenvalue weighted by atomic mass is 35.5. The first-order chi connectivity index (χ1) is 5.15. The molecule has 0 aliphatic heterocycles. The Morgan fingerprint density at radius 3 is 2.42 bits per heavy atom. The van der Waals surface area contributed by atoms with Gasteiger partial charge in [0.25, 0.3) is 0 Å². The van der Waals surface area contributed by atoms with E-state index in [0.717, 1.165) is 6.07 Å². The molecule has 4 heteroatoms. The van der Waals surface area contributed by atoms with Gasteiger partial charge in [0.2, 0.25) is 0 Å². The summed E-state index contributed by atoms with van der Waals surface area (Å²) in [6.07, 6.45) is 0. The summed E-state index contributed by atoms with van der Waals surface area (Å²) in [6, 6.07) is 2.10. The van der Waals surface area contributed by atoms with Gasteiger partial charge in [0.1, 0.15) is 11.6 Å². The molecule has 1 aromatic rings. The van der Waals surface area contributed by atoms with Crippen LogP contribution in [0.3, 0.4) is 0 Å². The monoisotopic (exact) mass is 193 g/mol. The van der Waals surface area contributed by atoms with E-state index < -0.39 is 11.6 Å². The van der Waals surface area contributed by atoms with E-state index in [9.17, 15) is 8.78 Å². The molecule has 1 nitrogen and oxygen atoms in total. The van der Waals surface area contributed by atoms with Crippen LogP contribution in [0.25, 0.3) is 0 Å². The predicted octanol–water partition coefficient (Wildman–Crippen LogP) is 2.15. The van der Waals surface area contributed by atoms with Crippen LogP contribution in [0.1, 0.15) is 11.1 Å². The van der Waals surface area contributed by atoms with Crippen LogP contribution >= 0.6 is 12.4 Å². The lowest BCUT2D eigenvalue weighted by Crippen LogP contribution is -2.01. The molecule has 0 heterocycles. The maximum atomic E-state index is 12.7. The topological polar surface area (TPSA) is 26.0 Å². The molecule has 0 radical (unpaired) electrons. The van der Waals surface area contributed by atoms with Crippen molar-refractivity contribution in [3.63, 3.8) is 0 Å². The van der Waals surface area contributed by atoms with Gasteiger partial charge >= 0.3 is 0 Å². The summed E-state index contributed by atoms with van der Waals surface area (Å²) in [7, 11) is 0. The minimum absolute atomic E-state index is 0. The molecule has 0 aliphatic carbocycles. The van der Waals surface area contributed by atoms with Gasteiger partial charge in [-0.1, -0.05) is 0 Å². The Morgan fingerprint density at radius 2 is 1.92 bits per heavy atom. The lowest BCUT2D eigenvalue weighted by atomic mass is 10.1. The van der Waals surface area contributed by atoms with Gasteiger partial charge < -0.3 is 5.73 Å². The molecule has 0 spiro atoms. The number of nitrogens with two attached hydrogens (primary N) is 1. The normalized spacial score (nSPS) is 9.33. The molecular weight excluding hydrogens is 184 g/mol. The molecule has 1 aromatic carbocycles. The van der Waals surface area contributed by atoms with E-state index in [4.69, 9.17) is 5.73 Å². The van der Waals surface area contributed by atoms with E-state index in [0.29, 0.717) is 11.1 Å². The van der Waals surface area contributed by atoms with E-state index in [1.165, 1.54) is 6.07 Å². The first-order valence-electron chi connectivity index (χ1n) is 3.29. The number of benzene rings is 1. The van der Waals surface area contributed by atoms with E-state index in [-0.39, 0.29) is 19.0 Å². The Balaban J connectivity index is 0.00000121. The quantitative estimate of drug-likeness (QED) is 0.727. The molecule has 0 fully saturated rings. The SMILES string of the molecule is Cc1c(F)cc(F)cc1CN.Cl. The average Bonchev–Trinajstić information content (AvgIpc) is 1.96. The lowest BCUT2D eigenvalue weighted by molar-refractivity contribution is 0.573. The summed E-state index contributed by atoms with van der Waals surface area (Å²) in [4.78, 5) is 0. The summed E-state index contributed by atoms with van der Waals surface area (Å²) >= 11 is 0. The molecule has 12 heavy (non-hydrogen) atoms. The predicted molar refractivity (Wildman–Crippen MR) is 46.2 cm³/mol. The standard InChI is InChI=1S/C8H9F2N.ClH/c1-5-6(4-11)2-7(9)3-8(5)10;/h2-3H,4,11H2,1H3;1H. The Morgan fingerprint density at radius 1 is 1.33 bits per heavy atom. The van der Waals surface area contributed by atoms with Crippen molar-refractivity contribution in [1.82, 2.24) is 0 Å². The van der Waals surface area contributed by atoms with Crippen LogP contribution in [0.5, 0.6) is 0 Å². The Labute approximate surface area is 76.0 Å². The fourth-order valence-electron chi connectivity index (χ4n) is 0.911. The third-order valence-corrected chi connectivity index (χ3v) is 1.64. The summed E-state index contributed by atoms with van der Waals surface area (Å²) in [5.74, 6) is -1.11. The van der Waals surface area contributed by atoms with Crippen molar-refractivity contribution >= 4 is 12.4 Å². The zero-order valence-electron chi connectivity index (χ0n) is 6.60. The molecule has 0 saturated carbocycles. The molecule has 68 valence electrons. The molecule has 0 bridgehead atoms. The van der Waals surface area contributed by atoms with Crippen LogP contribution < -0.4 is 5.73 Å². The van der Waals surface area contributed by atoms with Crippen LogP contribution in [0.2, 0.25) is 0 Å². The lowest BCUT2D eigenvalue weighted by Gasteiger charge is -2.03. The molecule has 0 unspecified atom stereocenters. The molecule has 0 atom stereocenters. The van der Waals surface area contributed by atoms with Gasteiger partial charge in [-0.25, -0.2) is 8.78 Å². The van der Waals surface area contributed by atoms with Crippen molar-refractivity contribution in [2.75, 3.05) is 0 Å². The first kappa shape index (κ1) is 11.3. The molecule has 2 N–H and O–H groups in total. The Bertz CT molecular complexity index is 276. The van der Waals surface area contributed by atoms with Crippen molar-refractivity contribution in [1.29, 1.82) is 0 Å². The minimum atomic E-state index is -0.575. The summed E-state index contributed by atoms with van der Waals surface area (Å²) in [5.41, 5.74) is 6.20. The highest BCUT2D eigenvalue weighted by Gasteiger charge is 2.04. The van der Waals surface area contributed by atoms with Crippen LogP contribution in [0, 0.1) is 18.6 Å². The summed E-state index contributed by atoms with van der Waals surface area (Å²) in [5, 5.41) is 0. The zero-order chi connectivity index (χ0) is 8.43. The minimum Gasteiger partial charge on any atom is -0.326 e. The highest BCUT2D eigenvalue weighted by Crippen LogP contribution is 2.13. The number of hydrogen-bond acceptors (Lipinski definition) is 1. The molecule has 0 aromatic heterocycles. The van der Waals surface area contributed by atoms with Gasteiger partial charge in [0.05, 0.1) is 0 Å². The van der Waals surface area contributed by atoms with Crippen LogP contribution in [-0.4, -0.2) is 0 Å². The molecule has 0 amide bonds. The van der Waals surface area contributed by atoms with Gasteiger partial charge in [-0.3, -0.25) is 0 Å². The average molecular weight is 194 g/mol. The maximum absolute atomic E-state index is 12.7. The van der Waals surface area contributed by atoms with Gasteiger partial charge in [-0.2, -0.15) is 0 Å². The zero-order valence-corrected chi connectivity index (χ0v) is 7.42. The molecular formula is C8H10ClF2N. The fourth-order valence-corrected chi connectivity index (χ4v) is 0.911. The summed E-state index contributed by atoms with van der Waals surface area (Å²) < 4.78 is 25.2. The summed E-state index contributed by atoms with van der Waals surface area (Å²) in [6.45, 7) is 1.75. The number of halogens is 3. The Kier molecular flexibility index (Phi) is 4.13. The first-order valence-corrected chi connectivity index (χ1v) is 3.29. The van der Waals surface area contributed by atoms with Crippen molar-refractivity contribution in [2.24, 2.45) is 5.73 Å². The van der Waals surface area contributed by atoms with Crippen molar-refractivity contribution in [2.45, 2.75) is 13.5 Å². The highest BCUT2D eigenvalue weighted by molar-refractivity contribution is 5.85. The van der Waals surface area contributed by atoms with E-state index in [1.54, 1.807) is 6.92 Å². The van der Waals surface area contributed by atoms with Gasteiger partial charge in [0.15, 0.2) is 0 Å². The third-order valence-electron chi connectivity index (χ3n) is 1.64. The molecule has 1 rings (SSSR count). The number of rotatable bonds is 1. The van der Waals surface area contributed by atoms with Crippen LogP contribution in [0.15, 0.2) is 12.1 Å². The fraction of sp³-hybridized carbons (Fsp3) is 0.250. The van der Waals surface area contributed by atoms with Crippen LogP contribution in [-0.2, 0) is 6.54 Å². The van der Waals surface area contributed by atoms with Crippen molar-refractivity contribution < 1.29 is 8.78 Å². The van der Waals surface area contributed by atoms with Crippen molar-refractivity contribution in [3.05, 3.63) is 34.9 Å². The largest absolute Gasteiger partial charge is 0.326 e. The van der Waals surface area contributed by atoms with Gasteiger partial charge in [-0.05, 0) is 24.1 Å². The van der Waals surface area contributed by atoms with E-state index in [2.05, 4.69) is 0 Å². The second kappa shape index (κ2) is 4.38. The van der Waals surface area contributed by atoms with E-state index >= 15 is 0 Å². The van der Waals surface area contributed by atoms with Crippen molar-refractivity contribution in [3.8, 4) is 0 Å². The maximum Gasteiger partial charge on any atom is 0.129 e. The number of hydrogen-bond donors (Lipinski definition) is 1. The van der Waals surface area contributed by atoms with Gasteiger partial charge in [0, 0.05) is 12.6 Å². The molecule has 0 aliphatic rings.